The lowest BCUT2D eigenvalue weighted by atomic mass is 9.91. The molecule has 0 unspecified atom stereocenters. The van der Waals surface area contributed by atoms with E-state index in [2.05, 4.69) is 205 Å². The Kier molecular flexibility index (Phi) is 7.53. The third-order valence-electron chi connectivity index (χ3n) is 11.3. The van der Waals surface area contributed by atoms with Crippen LogP contribution in [-0.4, -0.2) is 0 Å². The molecule has 0 bridgehead atoms. The summed E-state index contributed by atoms with van der Waals surface area (Å²) in [5.41, 5.74) is 12.1. The summed E-state index contributed by atoms with van der Waals surface area (Å²) in [6, 6.07) is 76.4. The molecule has 10 aromatic carbocycles. The van der Waals surface area contributed by atoms with E-state index in [-0.39, 0.29) is 0 Å². The molecule has 2 nitrogen and oxygen atoms in total. The molecule has 0 aliphatic carbocycles. The fourth-order valence-corrected chi connectivity index (χ4v) is 8.55. The van der Waals surface area contributed by atoms with Crippen LogP contribution in [0.4, 0.5) is 17.1 Å². The highest BCUT2D eigenvalue weighted by molar-refractivity contribution is 6.24. The average Bonchev–Trinajstić information content (AvgIpc) is 3.66. The van der Waals surface area contributed by atoms with Crippen LogP contribution in [0.15, 0.2) is 217 Å². The largest absolute Gasteiger partial charge is 0.455 e. The Morgan fingerprint density at radius 3 is 1.48 bits per heavy atom. The molecule has 0 fully saturated rings. The van der Waals surface area contributed by atoms with Gasteiger partial charge in [0.05, 0.1) is 0 Å². The molecule has 0 atom stereocenters. The molecule has 11 aromatic rings. The highest BCUT2D eigenvalue weighted by Gasteiger charge is 2.17. The monoisotopic (exact) mass is 713 g/mol. The van der Waals surface area contributed by atoms with Crippen molar-refractivity contribution in [2.45, 2.75) is 0 Å². The molecule has 0 aliphatic heterocycles. The Balaban J connectivity index is 1.02. The summed E-state index contributed by atoms with van der Waals surface area (Å²) in [4.78, 5) is 2.34. The molecule has 56 heavy (non-hydrogen) atoms. The van der Waals surface area contributed by atoms with Crippen LogP contribution in [-0.2, 0) is 0 Å². The molecule has 0 aliphatic rings. The Morgan fingerprint density at radius 2 is 0.768 bits per heavy atom. The predicted molar refractivity (Wildman–Crippen MR) is 237 cm³/mol. The van der Waals surface area contributed by atoms with Crippen molar-refractivity contribution in [1.82, 2.24) is 0 Å². The first-order chi connectivity index (χ1) is 27.8. The summed E-state index contributed by atoms with van der Waals surface area (Å²) in [7, 11) is 0. The SMILES string of the molecule is c1ccc(-c2ccc(N(c3ccc(-c4cccc5c4oc4ccccc45)cc3)c3ccc(-c4cccc5ccc6ccc7ccccc7c6c45)cc3)cc2)cc1. The van der Waals surface area contributed by atoms with Crippen molar-refractivity contribution in [3.63, 3.8) is 0 Å². The normalized spacial score (nSPS) is 11.6. The molecule has 0 saturated heterocycles. The second-order valence-corrected chi connectivity index (χ2v) is 14.5. The van der Waals surface area contributed by atoms with Crippen LogP contribution >= 0.6 is 0 Å². The Hall–Kier alpha value is -7.42. The van der Waals surface area contributed by atoms with E-state index < -0.39 is 0 Å². The van der Waals surface area contributed by atoms with Gasteiger partial charge in [-0.25, -0.2) is 0 Å². The first kappa shape index (κ1) is 32.0. The van der Waals surface area contributed by atoms with E-state index >= 15 is 0 Å². The standard InChI is InChI=1S/C54H35NO/c1-2-10-36(11-3-1)37-24-30-43(31-25-37)55(45-34-28-40(29-35-45)48-17-9-18-50-49-15-6-7-19-51(49)56-54(48)50)44-32-26-39(27-33-44)47-16-8-13-41-22-23-42-21-20-38-12-4-5-14-46(38)53(42)52(41)47/h1-35H. The van der Waals surface area contributed by atoms with Gasteiger partial charge >= 0.3 is 0 Å². The number of fused-ring (bicyclic) bond motifs is 8. The predicted octanol–water partition coefficient (Wildman–Crippen LogP) is 15.5. The molecule has 262 valence electrons. The number of para-hydroxylation sites is 2. The number of rotatable bonds is 6. The zero-order chi connectivity index (χ0) is 37.0. The summed E-state index contributed by atoms with van der Waals surface area (Å²) in [5, 5.41) is 9.90. The van der Waals surface area contributed by atoms with Gasteiger partial charge in [-0.3, -0.25) is 0 Å². The molecule has 11 rings (SSSR count). The Morgan fingerprint density at radius 1 is 0.286 bits per heavy atom. The maximum atomic E-state index is 6.41. The van der Waals surface area contributed by atoms with Gasteiger partial charge in [0.25, 0.3) is 0 Å². The van der Waals surface area contributed by atoms with Crippen LogP contribution < -0.4 is 4.90 Å². The quantitative estimate of drug-likeness (QED) is 0.160. The van der Waals surface area contributed by atoms with Crippen LogP contribution in [0.2, 0.25) is 0 Å². The van der Waals surface area contributed by atoms with Crippen molar-refractivity contribution in [2.75, 3.05) is 4.90 Å². The molecular weight excluding hydrogens is 679 g/mol. The average molecular weight is 714 g/mol. The lowest BCUT2D eigenvalue weighted by Gasteiger charge is -2.26. The zero-order valence-corrected chi connectivity index (χ0v) is 30.6. The van der Waals surface area contributed by atoms with Gasteiger partial charge in [0.15, 0.2) is 0 Å². The number of hydrogen-bond acceptors (Lipinski definition) is 2. The number of anilines is 3. The Bertz CT molecular complexity index is 3210. The van der Waals surface area contributed by atoms with Gasteiger partial charge in [-0.2, -0.15) is 0 Å². The van der Waals surface area contributed by atoms with Crippen LogP contribution in [0.3, 0.4) is 0 Å². The van der Waals surface area contributed by atoms with Gasteiger partial charge in [-0.05, 0) is 103 Å². The number of nitrogens with zero attached hydrogens (tertiary/aromatic N) is 1. The van der Waals surface area contributed by atoms with Gasteiger partial charge in [-0.1, -0.05) is 170 Å². The van der Waals surface area contributed by atoms with E-state index in [0.29, 0.717) is 0 Å². The minimum absolute atomic E-state index is 0.908. The molecule has 1 aromatic heterocycles. The van der Waals surface area contributed by atoms with E-state index in [4.69, 9.17) is 4.42 Å². The van der Waals surface area contributed by atoms with Crippen molar-refractivity contribution in [3.8, 4) is 33.4 Å². The molecular formula is C54H35NO. The topological polar surface area (TPSA) is 16.4 Å². The summed E-state index contributed by atoms with van der Waals surface area (Å²) < 4.78 is 6.41. The van der Waals surface area contributed by atoms with Crippen molar-refractivity contribution < 1.29 is 4.42 Å². The first-order valence-electron chi connectivity index (χ1n) is 19.2. The summed E-state index contributed by atoms with van der Waals surface area (Å²) >= 11 is 0. The summed E-state index contributed by atoms with van der Waals surface area (Å²) in [6.45, 7) is 0. The van der Waals surface area contributed by atoms with Gasteiger partial charge in [0, 0.05) is 33.4 Å². The summed E-state index contributed by atoms with van der Waals surface area (Å²) in [5.74, 6) is 0. The van der Waals surface area contributed by atoms with E-state index in [1.807, 2.05) is 12.1 Å². The number of furan rings is 1. The lowest BCUT2D eigenvalue weighted by molar-refractivity contribution is 0.670. The van der Waals surface area contributed by atoms with Crippen molar-refractivity contribution in [2.24, 2.45) is 0 Å². The van der Waals surface area contributed by atoms with E-state index in [1.54, 1.807) is 0 Å². The molecule has 1 heterocycles. The third-order valence-corrected chi connectivity index (χ3v) is 11.3. The number of hydrogen-bond donors (Lipinski definition) is 0. The molecule has 0 spiro atoms. The molecule has 0 saturated carbocycles. The zero-order valence-electron chi connectivity index (χ0n) is 30.6. The van der Waals surface area contributed by atoms with Crippen molar-refractivity contribution in [3.05, 3.63) is 212 Å². The second kappa shape index (κ2) is 13.2. The summed E-state index contributed by atoms with van der Waals surface area (Å²) in [6.07, 6.45) is 0. The maximum absolute atomic E-state index is 6.41. The second-order valence-electron chi connectivity index (χ2n) is 14.5. The molecule has 2 heteroatoms. The highest BCUT2D eigenvalue weighted by Crippen LogP contribution is 2.42. The van der Waals surface area contributed by atoms with Crippen LogP contribution in [0.5, 0.6) is 0 Å². The van der Waals surface area contributed by atoms with Crippen molar-refractivity contribution >= 4 is 71.3 Å². The van der Waals surface area contributed by atoms with Crippen LogP contribution in [0.25, 0.3) is 87.6 Å². The third kappa shape index (κ3) is 5.34. The van der Waals surface area contributed by atoms with Gasteiger partial charge in [0.1, 0.15) is 11.2 Å². The molecule has 0 N–H and O–H groups in total. The number of benzene rings is 10. The minimum atomic E-state index is 0.908. The maximum Gasteiger partial charge on any atom is 0.143 e. The molecule has 0 radical (unpaired) electrons. The van der Waals surface area contributed by atoms with E-state index in [9.17, 15) is 0 Å². The molecule has 0 amide bonds. The van der Waals surface area contributed by atoms with Crippen LogP contribution in [0, 0.1) is 0 Å². The fourth-order valence-electron chi connectivity index (χ4n) is 8.55. The van der Waals surface area contributed by atoms with Crippen molar-refractivity contribution in [1.29, 1.82) is 0 Å². The highest BCUT2D eigenvalue weighted by atomic mass is 16.3. The van der Waals surface area contributed by atoms with Gasteiger partial charge in [0.2, 0.25) is 0 Å². The van der Waals surface area contributed by atoms with Crippen LogP contribution in [0.1, 0.15) is 0 Å². The van der Waals surface area contributed by atoms with E-state index in [0.717, 1.165) is 50.1 Å². The first-order valence-corrected chi connectivity index (χ1v) is 19.2. The minimum Gasteiger partial charge on any atom is -0.455 e. The smallest absolute Gasteiger partial charge is 0.143 e. The van der Waals surface area contributed by atoms with Gasteiger partial charge in [-0.15, -0.1) is 0 Å². The fraction of sp³-hybridized carbons (Fsp3) is 0. The van der Waals surface area contributed by atoms with E-state index in [1.165, 1.54) is 54.6 Å². The lowest BCUT2D eigenvalue weighted by Crippen LogP contribution is -2.09. The Labute approximate surface area is 325 Å². The van der Waals surface area contributed by atoms with Gasteiger partial charge < -0.3 is 9.32 Å².